The van der Waals surface area contributed by atoms with Gasteiger partial charge in [0.15, 0.2) is 9.84 Å². The molecule has 6 rings (SSSR count). The summed E-state index contributed by atoms with van der Waals surface area (Å²) in [4.78, 5) is 0.267. The molecule has 1 unspecified atom stereocenters. The van der Waals surface area contributed by atoms with E-state index in [1.807, 2.05) is 6.07 Å². The summed E-state index contributed by atoms with van der Waals surface area (Å²) in [5.41, 5.74) is 1.20. The fraction of sp³-hybridized carbons (Fsp3) is 0.632. The van der Waals surface area contributed by atoms with E-state index in [1.54, 1.807) is 42.5 Å². The van der Waals surface area contributed by atoms with E-state index in [1.165, 1.54) is 11.6 Å². The Labute approximate surface area is 264 Å². The molecule has 4 nitrogen and oxygen atoms in total. The Morgan fingerprint density at radius 3 is 2.36 bits per heavy atom. The van der Waals surface area contributed by atoms with Crippen LogP contribution in [-0.4, -0.2) is 29.5 Å². The average Bonchev–Trinajstić information content (AvgIpc) is 3.37. The second-order valence-electron chi connectivity index (χ2n) is 15.3. The van der Waals surface area contributed by atoms with Crippen LogP contribution in [0.4, 0.5) is 4.39 Å². The van der Waals surface area contributed by atoms with Gasteiger partial charge in [-0.15, -0.1) is 0 Å². The average molecular weight is 623 g/mol. The number of hydrogen-bond acceptors (Lipinski definition) is 4. The number of aliphatic hydroxyl groups excluding tert-OH is 1. The summed E-state index contributed by atoms with van der Waals surface area (Å²) in [7, 11) is -3.80. The molecule has 0 aromatic heterocycles. The first-order valence-corrected chi connectivity index (χ1v) is 18.5. The smallest absolute Gasteiger partial charge is 0.181 e. The van der Waals surface area contributed by atoms with Crippen molar-refractivity contribution in [3.8, 4) is 0 Å². The van der Waals surface area contributed by atoms with Crippen molar-refractivity contribution in [3.63, 3.8) is 0 Å². The molecular weight excluding hydrogens is 571 g/mol. The number of allylic oxidation sites excluding steroid dienone is 1. The lowest BCUT2D eigenvalue weighted by Gasteiger charge is -2.59. The molecule has 3 saturated carbocycles. The van der Waals surface area contributed by atoms with Gasteiger partial charge in [-0.2, -0.15) is 0 Å². The van der Waals surface area contributed by atoms with Gasteiger partial charge in [0, 0.05) is 5.56 Å². The maximum atomic E-state index is 14.7. The zero-order valence-corrected chi connectivity index (χ0v) is 27.7. The number of sulfone groups is 1. The Morgan fingerprint density at radius 2 is 1.66 bits per heavy atom. The maximum absolute atomic E-state index is 14.7. The van der Waals surface area contributed by atoms with E-state index in [-0.39, 0.29) is 39.5 Å². The molecule has 0 radical (unpaired) electrons. The summed E-state index contributed by atoms with van der Waals surface area (Å²) in [6.45, 7) is 9.05. The van der Waals surface area contributed by atoms with E-state index in [9.17, 15) is 23.0 Å². The predicted molar refractivity (Wildman–Crippen MR) is 173 cm³/mol. The lowest BCUT2D eigenvalue weighted by atomic mass is 9.46. The number of rotatable bonds is 8. The van der Waals surface area contributed by atoms with Gasteiger partial charge in [-0.05, 0) is 123 Å². The number of benzene rings is 2. The van der Waals surface area contributed by atoms with Gasteiger partial charge in [-0.1, -0.05) is 75.7 Å². The van der Waals surface area contributed by atoms with Gasteiger partial charge < -0.3 is 10.2 Å². The minimum absolute atomic E-state index is 0.00845. The lowest BCUT2D eigenvalue weighted by Crippen LogP contribution is -2.53. The normalized spacial score (nSPS) is 37.2. The molecule has 2 aromatic carbocycles. The van der Waals surface area contributed by atoms with E-state index in [0.717, 1.165) is 57.8 Å². The summed E-state index contributed by atoms with van der Waals surface area (Å²) in [5.74, 6) is 1.18. The Hall–Kier alpha value is -2.02. The summed E-state index contributed by atoms with van der Waals surface area (Å²) in [6, 6.07) is 14.7. The Kier molecular flexibility index (Phi) is 8.46. The van der Waals surface area contributed by atoms with Gasteiger partial charge in [0.25, 0.3) is 0 Å². The predicted octanol–water partition coefficient (Wildman–Crippen LogP) is 8.45. The topological polar surface area (TPSA) is 74.6 Å². The fourth-order valence-electron chi connectivity index (χ4n) is 10.7. The molecule has 2 N–H and O–H groups in total. The van der Waals surface area contributed by atoms with Crippen LogP contribution >= 0.6 is 0 Å². The third-order valence-corrected chi connectivity index (χ3v) is 15.7. The fourth-order valence-corrected chi connectivity index (χ4v) is 12.8. The Morgan fingerprint density at radius 1 is 0.955 bits per heavy atom. The molecule has 0 amide bonds. The van der Waals surface area contributed by atoms with Gasteiger partial charge in [0.05, 0.1) is 21.9 Å². The lowest BCUT2D eigenvalue weighted by molar-refractivity contribution is -0.0756. The van der Waals surface area contributed by atoms with Crippen LogP contribution in [0.2, 0.25) is 0 Å². The largest absolute Gasteiger partial charge is 0.390 e. The highest BCUT2D eigenvalue weighted by Crippen LogP contribution is 2.68. The molecule has 2 aromatic rings. The molecular formula is C38H51FO4S. The molecule has 4 aliphatic rings. The minimum Gasteiger partial charge on any atom is -0.390 e. The van der Waals surface area contributed by atoms with Crippen molar-refractivity contribution in [2.24, 2.45) is 40.4 Å². The maximum Gasteiger partial charge on any atom is 0.181 e. The van der Waals surface area contributed by atoms with Crippen LogP contribution in [0.15, 0.2) is 71.1 Å². The number of halogens is 1. The molecule has 0 saturated heterocycles. The van der Waals surface area contributed by atoms with Crippen molar-refractivity contribution < 1.29 is 23.0 Å². The van der Waals surface area contributed by atoms with Gasteiger partial charge in [-0.25, -0.2) is 12.8 Å². The molecule has 4 aliphatic carbocycles. The van der Waals surface area contributed by atoms with E-state index in [0.29, 0.717) is 17.8 Å². The molecule has 240 valence electrons. The second-order valence-corrected chi connectivity index (χ2v) is 17.4. The van der Waals surface area contributed by atoms with Crippen molar-refractivity contribution >= 4 is 9.84 Å². The highest BCUT2D eigenvalue weighted by atomic mass is 32.2. The third-order valence-electron chi connectivity index (χ3n) is 13.4. The van der Waals surface area contributed by atoms with Crippen LogP contribution in [0.1, 0.15) is 104 Å². The van der Waals surface area contributed by atoms with Crippen molar-refractivity contribution in [1.82, 2.24) is 0 Å². The SMILES string of the molecule is CC[C@]1(O)CC[C@@]2(C)C(=CC[C@H]3[C@@H]4CC[C@H]([C@H](C)C(C[C@H](O)c5ccccc5F)S(=O)(=O)c5ccccc5)[C@@]4(C)CC[C@@H]32)C1. The molecule has 6 heteroatoms. The van der Waals surface area contributed by atoms with E-state index < -0.39 is 32.6 Å². The van der Waals surface area contributed by atoms with Gasteiger partial charge in [0.2, 0.25) is 0 Å². The quantitative estimate of drug-likeness (QED) is 0.290. The van der Waals surface area contributed by atoms with Crippen LogP contribution in [0, 0.1) is 46.2 Å². The van der Waals surface area contributed by atoms with Crippen molar-refractivity contribution in [1.29, 1.82) is 0 Å². The minimum atomic E-state index is -3.80. The third kappa shape index (κ3) is 5.21. The van der Waals surface area contributed by atoms with E-state index in [2.05, 4.69) is 33.8 Å². The van der Waals surface area contributed by atoms with Crippen LogP contribution in [-0.2, 0) is 9.84 Å². The highest BCUT2D eigenvalue weighted by Gasteiger charge is 2.61. The van der Waals surface area contributed by atoms with E-state index in [4.69, 9.17) is 0 Å². The van der Waals surface area contributed by atoms with Crippen molar-refractivity contribution in [2.75, 3.05) is 0 Å². The highest BCUT2D eigenvalue weighted by molar-refractivity contribution is 7.92. The molecule has 10 atom stereocenters. The first kappa shape index (κ1) is 31.9. The Balaban J connectivity index is 1.30. The summed E-state index contributed by atoms with van der Waals surface area (Å²) in [6.07, 6.45) is 10.1. The van der Waals surface area contributed by atoms with Crippen LogP contribution < -0.4 is 0 Å². The van der Waals surface area contributed by atoms with Gasteiger partial charge >= 0.3 is 0 Å². The van der Waals surface area contributed by atoms with Crippen molar-refractivity contribution in [3.05, 3.63) is 77.6 Å². The number of aliphatic hydroxyl groups is 2. The van der Waals surface area contributed by atoms with E-state index >= 15 is 0 Å². The second kappa shape index (κ2) is 11.7. The zero-order valence-electron chi connectivity index (χ0n) is 26.9. The van der Waals surface area contributed by atoms with Crippen LogP contribution in [0.25, 0.3) is 0 Å². The van der Waals surface area contributed by atoms with Gasteiger partial charge in [0.1, 0.15) is 5.82 Å². The molecule has 0 heterocycles. The first-order chi connectivity index (χ1) is 20.8. The van der Waals surface area contributed by atoms with Crippen LogP contribution in [0.5, 0.6) is 0 Å². The molecule has 0 spiro atoms. The molecule has 0 aliphatic heterocycles. The number of fused-ring (bicyclic) bond motifs is 5. The monoisotopic (exact) mass is 622 g/mol. The molecule has 0 bridgehead atoms. The summed E-state index contributed by atoms with van der Waals surface area (Å²) in [5, 5.41) is 21.6. The number of hydrogen-bond donors (Lipinski definition) is 2. The Bertz CT molecular complexity index is 1490. The van der Waals surface area contributed by atoms with Crippen LogP contribution in [0.3, 0.4) is 0 Å². The van der Waals surface area contributed by atoms with Gasteiger partial charge in [-0.3, -0.25) is 0 Å². The molecule has 44 heavy (non-hydrogen) atoms. The molecule has 3 fully saturated rings. The first-order valence-electron chi connectivity index (χ1n) is 17.0. The zero-order chi connectivity index (χ0) is 31.5. The summed E-state index contributed by atoms with van der Waals surface area (Å²) < 4.78 is 43.4. The van der Waals surface area contributed by atoms with Crippen molar-refractivity contribution in [2.45, 2.75) is 114 Å². The summed E-state index contributed by atoms with van der Waals surface area (Å²) >= 11 is 0. The standard InChI is InChI=1S/C38H51FO4S/c1-5-38(41)22-21-36(3)26(24-38)15-16-28-31-18-17-30(37(31,4)20-19-32(28)36)25(2)35(44(42,43)27-11-7-6-8-12-27)23-34(40)29-13-9-10-14-33(29)39/h6-15,25,28,30-32,34-35,40-41H,5,16-24H2,1-4H3/t25-,28-,30+,31-,32-,34-,35?,36-,37+,38-/m0/s1.